The normalized spacial score (nSPS) is 11.0. The molecule has 0 heterocycles. The van der Waals surface area contributed by atoms with E-state index in [1.807, 2.05) is 19.1 Å². The summed E-state index contributed by atoms with van der Waals surface area (Å²) in [5, 5.41) is 18.6. The molecule has 0 fully saturated rings. The first-order chi connectivity index (χ1) is 6.07. The maximum Gasteiger partial charge on any atom is 0.173 e. The molecule has 0 saturated carbocycles. The number of allylic oxidation sites excluding steroid dienone is 1. The molecule has 1 rings (SSSR count). The van der Waals surface area contributed by atoms with Crippen molar-refractivity contribution in [2.24, 2.45) is 0 Å². The van der Waals surface area contributed by atoms with E-state index >= 15 is 0 Å². The Morgan fingerprint density at radius 3 is 2.38 bits per heavy atom. The van der Waals surface area contributed by atoms with Gasteiger partial charge in [-0.15, -0.1) is 0 Å². The molecule has 0 aliphatic heterocycles. The van der Waals surface area contributed by atoms with Crippen molar-refractivity contribution in [3.8, 4) is 11.5 Å². The molecule has 0 saturated heterocycles. The van der Waals surface area contributed by atoms with Crippen LogP contribution < -0.4 is 0 Å². The molecule has 1 aromatic rings. The van der Waals surface area contributed by atoms with Crippen LogP contribution in [0.25, 0.3) is 6.08 Å². The summed E-state index contributed by atoms with van der Waals surface area (Å²) in [6.45, 7) is 1.88. The van der Waals surface area contributed by atoms with Crippen molar-refractivity contribution in [2.75, 3.05) is 0 Å². The first-order valence-corrected chi connectivity index (χ1v) is 5.19. The third-order valence-corrected chi connectivity index (χ3v) is 3.69. The molecule has 0 spiro atoms. The summed E-state index contributed by atoms with van der Waals surface area (Å²) in [7, 11) is 0. The number of benzene rings is 1. The van der Waals surface area contributed by atoms with E-state index in [1.165, 1.54) is 6.07 Å². The van der Waals surface area contributed by atoms with Crippen molar-refractivity contribution in [1.82, 2.24) is 0 Å². The van der Waals surface area contributed by atoms with Gasteiger partial charge in [-0.25, -0.2) is 0 Å². The summed E-state index contributed by atoms with van der Waals surface area (Å²) in [5.41, 5.74) is 0.810. The zero-order chi connectivity index (χ0) is 10.0. The molecule has 0 aliphatic rings. The first kappa shape index (κ1) is 10.6. The van der Waals surface area contributed by atoms with Crippen LogP contribution >= 0.6 is 31.9 Å². The molecule has 0 unspecified atom stereocenters. The zero-order valence-electron chi connectivity index (χ0n) is 6.88. The van der Waals surface area contributed by atoms with Crippen molar-refractivity contribution >= 4 is 37.9 Å². The van der Waals surface area contributed by atoms with Crippen molar-refractivity contribution in [3.63, 3.8) is 0 Å². The fourth-order valence-electron chi connectivity index (χ4n) is 0.923. The number of phenolic OH excluding ortho intramolecular Hbond substituents is 2. The Hall–Kier alpha value is -0.480. The summed E-state index contributed by atoms with van der Waals surface area (Å²) >= 11 is 6.46. The monoisotopic (exact) mass is 306 g/mol. The number of hydrogen-bond donors (Lipinski definition) is 2. The number of hydrogen-bond acceptors (Lipinski definition) is 2. The van der Waals surface area contributed by atoms with E-state index in [0.717, 1.165) is 10.0 Å². The lowest BCUT2D eigenvalue weighted by atomic mass is 10.2. The Morgan fingerprint density at radius 2 is 1.85 bits per heavy atom. The summed E-state index contributed by atoms with van der Waals surface area (Å²) < 4.78 is 1.18. The van der Waals surface area contributed by atoms with Crippen LogP contribution in [0.4, 0.5) is 0 Å². The third-order valence-electron chi connectivity index (χ3n) is 1.54. The molecule has 0 amide bonds. The fourth-order valence-corrected chi connectivity index (χ4v) is 1.79. The minimum atomic E-state index is -0.153. The van der Waals surface area contributed by atoms with Gasteiger partial charge in [-0.1, -0.05) is 12.2 Å². The lowest BCUT2D eigenvalue weighted by Crippen LogP contribution is -1.80. The maximum atomic E-state index is 9.33. The predicted molar refractivity (Wildman–Crippen MR) is 59.9 cm³/mol. The second-order valence-electron chi connectivity index (χ2n) is 2.46. The highest BCUT2D eigenvalue weighted by Crippen LogP contribution is 2.41. The number of phenols is 2. The highest BCUT2D eigenvalue weighted by atomic mass is 79.9. The van der Waals surface area contributed by atoms with Crippen LogP contribution in [-0.4, -0.2) is 10.2 Å². The molecule has 0 radical (unpaired) electrons. The van der Waals surface area contributed by atoms with Crippen LogP contribution in [0.3, 0.4) is 0 Å². The summed E-state index contributed by atoms with van der Waals surface area (Å²) in [5.74, 6) is -0.289. The standard InChI is InChI=1S/C9H8Br2O2/c1-2-3-5-4-6(12)9(13)8(11)7(5)10/h2-4,12-13H,1H3/b3-2-. The van der Waals surface area contributed by atoms with Gasteiger partial charge in [-0.3, -0.25) is 0 Å². The van der Waals surface area contributed by atoms with Crippen molar-refractivity contribution in [1.29, 1.82) is 0 Å². The molecule has 2 nitrogen and oxygen atoms in total. The van der Waals surface area contributed by atoms with E-state index in [4.69, 9.17) is 0 Å². The molecular formula is C9H8Br2O2. The van der Waals surface area contributed by atoms with E-state index in [2.05, 4.69) is 31.9 Å². The fraction of sp³-hybridized carbons (Fsp3) is 0.111. The molecule has 13 heavy (non-hydrogen) atoms. The number of rotatable bonds is 1. The quantitative estimate of drug-likeness (QED) is 0.777. The van der Waals surface area contributed by atoms with Gasteiger partial charge in [0.1, 0.15) is 0 Å². The van der Waals surface area contributed by atoms with Gasteiger partial charge in [0.25, 0.3) is 0 Å². The second kappa shape index (κ2) is 4.15. The molecule has 70 valence electrons. The van der Waals surface area contributed by atoms with Gasteiger partial charge in [0.15, 0.2) is 11.5 Å². The Kier molecular flexibility index (Phi) is 3.39. The Bertz CT molecular complexity index is 359. The van der Waals surface area contributed by atoms with E-state index in [0.29, 0.717) is 4.47 Å². The van der Waals surface area contributed by atoms with Gasteiger partial charge in [-0.2, -0.15) is 0 Å². The average Bonchev–Trinajstić information content (AvgIpc) is 2.11. The molecule has 1 aromatic carbocycles. The van der Waals surface area contributed by atoms with Gasteiger partial charge in [-0.05, 0) is 50.4 Å². The van der Waals surface area contributed by atoms with E-state index in [1.54, 1.807) is 0 Å². The number of halogens is 2. The van der Waals surface area contributed by atoms with Crippen molar-refractivity contribution < 1.29 is 10.2 Å². The van der Waals surface area contributed by atoms with Crippen LogP contribution in [0, 0.1) is 0 Å². The first-order valence-electron chi connectivity index (χ1n) is 3.60. The third kappa shape index (κ3) is 2.06. The minimum Gasteiger partial charge on any atom is -0.504 e. The molecule has 0 bridgehead atoms. The topological polar surface area (TPSA) is 40.5 Å². The summed E-state index contributed by atoms with van der Waals surface area (Å²) in [6, 6.07) is 1.49. The SMILES string of the molecule is C/C=C\c1cc(O)c(O)c(Br)c1Br. The smallest absolute Gasteiger partial charge is 0.173 e. The van der Waals surface area contributed by atoms with Gasteiger partial charge in [0.2, 0.25) is 0 Å². The molecular weight excluding hydrogens is 300 g/mol. The second-order valence-corrected chi connectivity index (χ2v) is 4.05. The highest BCUT2D eigenvalue weighted by Gasteiger charge is 2.11. The van der Waals surface area contributed by atoms with Gasteiger partial charge in [0.05, 0.1) is 4.47 Å². The molecule has 4 heteroatoms. The maximum absolute atomic E-state index is 9.33. The van der Waals surface area contributed by atoms with Gasteiger partial charge < -0.3 is 10.2 Å². The van der Waals surface area contributed by atoms with Crippen LogP contribution in [0.1, 0.15) is 12.5 Å². The molecule has 0 atom stereocenters. The van der Waals surface area contributed by atoms with Gasteiger partial charge >= 0.3 is 0 Å². The average molecular weight is 308 g/mol. The summed E-state index contributed by atoms with van der Waals surface area (Å²) in [4.78, 5) is 0. The Labute approximate surface area is 93.2 Å². The molecule has 2 N–H and O–H groups in total. The lowest BCUT2D eigenvalue weighted by Gasteiger charge is -2.06. The highest BCUT2D eigenvalue weighted by molar-refractivity contribution is 9.13. The molecule has 0 aromatic heterocycles. The van der Waals surface area contributed by atoms with Gasteiger partial charge in [0, 0.05) is 4.47 Å². The van der Waals surface area contributed by atoms with Crippen molar-refractivity contribution in [3.05, 3.63) is 26.7 Å². The van der Waals surface area contributed by atoms with Crippen LogP contribution in [0.2, 0.25) is 0 Å². The predicted octanol–water partition coefficient (Wildman–Crippen LogP) is 3.66. The van der Waals surface area contributed by atoms with E-state index in [9.17, 15) is 10.2 Å². The number of aromatic hydroxyl groups is 2. The largest absolute Gasteiger partial charge is 0.504 e. The zero-order valence-corrected chi connectivity index (χ0v) is 10.1. The van der Waals surface area contributed by atoms with E-state index < -0.39 is 0 Å². The lowest BCUT2D eigenvalue weighted by molar-refractivity contribution is 0.401. The van der Waals surface area contributed by atoms with Crippen LogP contribution in [0.15, 0.2) is 21.1 Å². The molecule has 0 aliphatic carbocycles. The summed E-state index contributed by atoms with van der Waals surface area (Å²) in [6.07, 6.45) is 3.68. The van der Waals surface area contributed by atoms with Crippen LogP contribution in [0.5, 0.6) is 11.5 Å². The minimum absolute atomic E-state index is 0.136. The van der Waals surface area contributed by atoms with Crippen molar-refractivity contribution in [2.45, 2.75) is 6.92 Å². The van der Waals surface area contributed by atoms with E-state index in [-0.39, 0.29) is 11.5 Å². The Morgan fingerprint density at radius 1 is 1.23 bits per heavy atom. The van der Waals surface area contributed by atoms with Crippen LogP contribution in [-0.2, 0) is 0 Å². The Balaban J connectivity index is 3.40.